The summed E-state index contributed by atoms with van der Waals surface area (Å²) >= 11 is 0. The minimum absolute atomic E-state index is 0.0671. The SMILES string of the molecule is O=C(c1cc(-c2ccccc2)nc(-c2ccccc2)c1)N1CCN(C2CCN(C(=O)N3CCCC3)CC2)CC1. The second kappa shape index (κ2) is 11.6. The van der Waals surface area contributed by atoms with Crippen molar-refractivity contribution < 1.29 is 9.59 Å². The Kier molecular flexibility index (Phi) is 7.59. The quantitative estimate of drug-likeness (QED) is 0.490. The number of rotatable bonds is 4. The summed E-state index contributed by atoms with van der Waals surface area (Å²) < 4.78 is 0. The van der Waals surface area contributed by atoms with Gasteiger partial charge in [0.15, 0.2) is 0 Å². The smallest absolute Gasteiger partial charge is 0.319 e. The van der Waals surface area contributed by atoms with Crippen LogP contribution in [0.25, 0.3) is 22.5 Å². The highest BCUT2D eigenvalue weighted by molar-refractivity contribution is 5.96. The fourth-order valence-corrected chi connectivity index (χ4v) is 6.17. The molecule has 0 radical (unpaired) electrons. The van der Waals surface area contributed by atoms with Gasteiger partial charge in [0.1, 0.15) is 0 Å². The Labute approximate surface area is 231 Å². The van der Waals surface area contributed by atoms with E-state index in [1.54, 1.807) is 0 Å². The molecule has 4 heterocycles. The zero-order chi connectivity index (χ0) is 26.6. The first-order valence-corrected chi connectivity index (χ1v) is 14.4. The lowest BCUT2D eigenvalue weighted by Crippen LogP contribution is -2.55. The van der Waals surface area contributed by atoms with Crippen molar-refractivity contribution >= 4 is 11.9 Å². The van der Waals surface area contributed by atoms with Gasteiger partial charge in [-0.3, -0.25) is 9.69 Å². The van der Waals surface area contributed by atoms with Crippen LogP contribution >= 0.6 is 0 Å². The monoisotopic (exact) mass is 523 g/mol. The van der Waals surface area contributed by atoms with Gasteiger partial charge in [-0.1, -0.05) is 60.7 Å². The lowest BCUT2D eigenvalue weighted by molar-refractivity contribution is 0.0465. The molecular weight excluding hydrogens is 486 g/mol. The predicted molar refractivity (Wildman–Crippen MR) is 153 cm³/mol. The minimum Gasteiger partial charge on any atom is -0.336 e. The van der Waals surface area contributed by atoms with Crippen molar-refractivity contribution in [3.05, 3.63) is 78.4 Å². The van der Waals surface area contributed by atoms with Crippen LogP contribution in [0.15, 0.2) is 72.8 Å². The van der Waals surface area contributed by atoms with Crippen LogP contribution in [0.5, 0.6) is 0 Å². The molecule has 3 aliphatic rings. The number of carbonyl (C=O) groups is 2. The third-order valence-electron chi connectivity index (χ3n) is 8.44. The van der Waals surface area contributed by atoms with Gasteiger partial charge in [0.2, 0.25) is 0 Å². The van der Waals surface area contributed by atoms with E-state index in [9.17, 15) is 9.59 Å². The van der Waals surface area contributed by atoms with E-state index in [4.69, 9.17) is 4.98 Å². The molecule has 0 N–H and O–H groups in total. The van der Waals surface area contributed by atoms with E-state index in [1.807, 2.05) is 87.5 Å². The van der Waals surface area contributed by atoms with Gasteiger partial charge in [-0.05, 0) is 37.8 Å². The molecule has 0 aliphatic carbocycles. The molecule has 0 bridgehead atoms. The van der Waals surface area contributed by atoms with Crippen molar-refractivity contribution in [3.8, 4) is 22.5 Å². The zero-order valence-electron chi connectivity index (χ0n) is 22.5. The number of urea groups is 1. The van der Waals surface area contributed by atoms with Crippen LogP contribution in [0.4, 0.5) is 4.79 Å². The Morgan fingerprint density at radius 2 is 1.13 bits per heavy atom. The van der Waals surface area contributed by atoms with Crippen LogP contribution in [0.2, 0.25) is 0 Å². The van der Waals surface area contributed by atoms with Gasteiger partial charge in [0.25, 0.3) is 5.91 Å². The van der Waals surface area contributed by atoms with E-state index < -0.39 is 0 Å². The van der Waals surface area contributed by atoms with Gasteiger partial charge >= 0.3 is 6.03 Å². The average molecular weight is 524 g/mol. The molecule has 3 aliphatic heterocycles. The number of likely N-dealkylation sites (tertiary alicyclic amines) is 2. The standard InChI is InChI=1S/C32H37N5O2/c38-31(27-23-29(25-9-3-1-4-10-25)33-30(24-27)26-11-5-2-6-12-26)35-21-19-34(20-22-35)28-13-17-37(18-14-28)32(39)36-15-7-8-16-36/h1-6,9-12,23-24,28H,7-8,13-22H2. The summed E-state index contributed by atoms with van der Waals surface area (Å²) in [6, 6.07) is 24.7. The predicted octanol–water partition coefficient (Wildman–Crippen LogP) is 4.85. The first-order valence-electron chi connectivity index (χ1n) is 14.4. The Balaban J connectivity index is 1.11. The number of carbonyl (C=O) groups excluding carboxylic acids is 2. The van der Waals surface area contributed by atoms with E-state index in [0.717, 1.165) is 101 Å². The van der Waals surface area contributed by atoms with Crippen LogP contribution in [0.1, 0.15) is 36.0 Å². The highest BCUT2D eigenvalue weighted by Gasteiger charge is 2.32. The molecule has 202 valence electrons. The lowest BCUT2D eigenvalue weighted by atomic mass is 10.0. The number of benzene rings is 2. The van der Waals surface area contributed by atoms with E-state index >= 15 is 0 Å². The molecule has 6 rings (SSSR count). The van der Waals surface area contributed by atoms with Crippen molar-refractivity contribution in [3.63, 3.8) is 0 Å². The van der Waals surface area contributed by atoms with Crippen LogP contribution < -0.4 is 0 Å². The van der Waals surface area contributed by atoms with Gasteiger partial charge < -0.3 is 14.7 Å². The van der Waals surface area contributed by atoms with E-state index in [2.05, 4.69) is 4.90 Å². The highest BCUT2D eigenvalue weighted by atomic mass is 16.2. The molecule has 0 atom stereocenters. The largest absolute Gasteiger partial charge is 0.336 e. The number of piperazine rings is 1. The topological polar surface area (TPSA) is 60.0 Å². The molecule has 3 fully saturated rings. The number of hydrogen-bond donors (Lipinski definition) is 0. The third kappa shape index (κ3) is 5.69. The number of nitrogens with zero attached hydrogens (tertiary/aromatic N) is 5. The van der Waals surface area contributed by atoms with Crippen molar-refractivity contribution in [2.75, 3.05) is 52.4 Å². The molecule has 2 aromatic carbocycles. The Morgan fingerprint density at radius 3 is 1.67 bits per heavy atom. The van der Waals surface area contributed by atoms with E-state index in [0.29, 0.717) is 11.6 Å². The molecule has 7 heteroatoms. The number of pyridine rings is 1. The van der Waals surface area contributed by atoms with Gasteiger partial charge in [-0.2, -0.15) is 0 Å². The summed E-state index contributed by atoms with van der Waals surface area (Å²) in [5.74, 6) is 0.0671. The third-order valence-corrected chi connectivity index (χ3v) is 8.44. The maximum absolute atomic E-state index is 13.7. The maximum Gasteiger partial charge on any atom is 0.319 e. The number of amides is 3. The summed E-state index contributed by atoms with van der Waals surface area (Å²) in [6.45, 7) is 6.67. The summed E-state index contributed by atoms with van der Waals surface area (Å²) in [6.07, 6.45) is 4.29. The van der Waals surface area contributed by atoms with Gasteiger partial charge in [0.05, 0.1) is 11.4 Å². The molecule has 3 aromatic rings. The molecule has 39 heavy (non-hydrogen) atoms. The maximum atomic E-state index is 13.7. The second-order valence-electron chi connectivity index (χ2n) is 10.9. The average Bonchev–Trinajstić information content (AvgIpc) is 3.56. The van der Waals surface area contributed by atoms with Crippen LogP contribution in [0, 0.1) is 0 Å². The van der Waals surface area contributed by atoms with Gasteiger partial charge in [-0.25, -0.2) is 9.78 Å². The second-order valence-corrected chi connectivity index (χ2v) is 10.9. The molecular formula is C32H37N5O2. The number of piperidine rings is 1. The van der Waals surface area contributed by atoms with Crippen LogP contribution in [-0.4, -0.2) is 94.9 Å². The fourth-order valence-electron chi connectivity index (χ4n) is 6.17. The van der Waals surface area contributed by atoms with Crippen molar-refractivity contribution in [1.82, 2.24) is 24.6 Å². The highest BCUT2D eigenvalue weighted by Crippen LogP contribution is 2.26. The van der Waals surface area contributed by atoms with E-state index in [1.165, 1.54) is 0 Å². The summed E-state index contributed by atoms with van der Waals surface area (Å²) in [5.41, 5.74) is 4.32. The van der Waals surface area contributed by atoms with Crippen molar-refractivity contribution in [1.29, 1.82) is 0 Å². The molecule has 3 amide bonds. The molecule has 1 aromatic heterocycles. The zero-order valence-corrected chi connectivity index (χ0v) is 22.5. The molecule has 0 spiro atoms. The fraction of sp³-hybridized carbons (Fsp3) is 0.406. The first-order chi connectivity index (χ1) is 19.2. The van der Waals surface area contributed by atoms with Gasteiger partial charge in [-0.15, -0.1) is 0 Å². The summed E-state index contributed by atoms with van der Waals surface area (Å²) in [4.78, 5) is 40.0. The van der Waals surface area contributed by atoms with Crippen molar-refractivity contribution in [2.24, 2.45) is 0 Å². The molecule has 3 saturated heterocycles. The summed E-state index contributed by atoms with van der Waals surface area (Å²) in [5, 5.41) is 0. The number of hydrogen-bond acceptors (Lipinski definition) is 4. The number of aromatic nitrogens is 1. The Bertz CT molecular complexity index is 1220. The van der Waals surface area contributed by atoms with Crippen molar-refractivity contribution in [2.45, 2.75) is 31.7 Å². The minimum atomic E-state index is 0.0671. The van der Waals surface area contributed by atoms with Crippen LogP contribution in [0.3, 0.4) is 0 Å². The van der Waals surface area contributed by atoms with Gasteiger partial charge in [0, 0.05) is 75.1 Å². The molecule has 0 saturated carbocycles. The Hall–Kier alpha value is -3.71. The lowest BCUT2D eigenvalue weighted by Gasteiger charge is -2.43. The normalized spacial score (nSPS) is 18.9. The van der Waals surface area contributed by atoms with E-state index in [-0.39, 0.29) is 11.9 Å². The Morgan fingerprint density at radius 1 is 0.615 bits per heavy atom. The first kappa shape index (κ1) is 25.6. The molecule has 7 nitrogen and oxygen atoms in total. The summed E-state index contributed by atoms with van der Waals surface area (Å²) in [7, 11) is 0. The van der Waals surface area contributed by atoms with Crippen LogP contribution in [-0.2, 0) is 0 Å². The molecule has 0 unspecified atom stereocenters.